The first kappa shape index (κ1) is 22.3. The number of benzene rings is 2. The number of aliphatic hydroxyl groups excluding tert-OH is 1. The second-order valence-corrected chi connectivity index (χ2v) is 7.60. The van der Waals surface area contributed by atoms with E-state index in [2.05, 4.69) is 10.3 Å². The van der Waals surface area contributed by atoms with Gasteiger partial charge >= 0.3 is 12.1 Å². The molecule has 8 heteroatoms. The monoisotopic (exact) mass is 425 g/mol. The minimum absolute atomic E-state index is 0.0661. The van der Waals surface area contributed by atoms with Crippen LogP contribution >= 0.6 is 0 Å². The Morgan fingerprint density at radius 1 is 1.13 bits per heavy atom. The maximum atomic E-state index is 12.7. The number of hydrogen-bond acceptors (Lipinski definition) is 6. The van der Waals surface area contributed by atoms with E-state index in [1.165, 1.54) is 0 Å². The molecule has 0 aliphatic carbocycles. The second kappa shape index (κ2) is 10.6. The minimum atomic E-state index is -1.15. The Morgan fingerprint density at radius 3 is 2.55 bits per heavy atom. The smallest absolute Gasteiger partial charge is 0.418 e. The summed E-state index contributed by atoms with van der Waals surface area (Å²) in [5, 5.41) is 12.9. The highest BCUT2D eigenvalue weighted by molar-refractivity contribution is 5.90. The molecule has 3 amide bonds. The molecule has 8 nitrogen and oxygen atoms in total. The van der Waals surface area contributed by atoms with Gasteiger partial charge in [-0.3, -0.25) is 0 Å². The second-order valence-electron chi connectivity index (χ2n) is 7.60. The summed E-state index contributed by atoms with van der Waals surface area (Å²) in [5.74, 6) is 0.393. The third kappa shape index (κ3) is 6.29. The number of rotatable bonds is 8. The molecule has 3 rings (SSSR count). The van der Waals surface area contributed by atoms with Gasteiger partial charge in [0.25, 0.3) is 0 Å². The van der Waals surface area contributed by atoms with Crippen molar-refractivity contribution < 1.29 is 23.8 Å². The third-order valence-electron chi connectivity index (χ3n) is 4.64. The van der Waals surface area contributed by atoms with Crippen molar-refractivity contribution in [3.8, 4) is 0 Å². The molecular formula is C23H27N3O5. The molecule has 1 heterocycles. The first-order valence-electron chi connectivity index (χ1n) is 10.2. The number of aliphatic hydroxyl groups is 1. The van der Waals surface area contributed by atoms with Crippen molar-refractivity contribution in [3.05, 3.63) is 66.1 Å². The Balaban J connectivity index is 1.59. The van der Waals surface area contributed by atoms with Crippen LogP contribution in [0.5, 0.6) is 0 Å². The molecule has 1 aromatic heterocycles. The van der Waals surface area contributed by atoms with Gasteiger partial charge in [-0.25, -0.2) is 19.5 Å². The number of fused-ring (bicyclic) bond motifs is 1. The number of ether oxygens (including phenoxy) is 1. The van der Waals surface area contributed by atoms with Gasteiger partial charge in [0, 0.05) is 6.54 Å². The summed E-state index contributed by atoms with van der Waals surface area (Å²) in [6.07, 6.45) is -1.26. The number of imide groups is 1. The number of aromatic nitrogens is 1. The lowest BCUT2D eigenvalue weighted by atomic mass is 10.1. The van der Waals surface area contributed by atoms with Gasteiger partial charge in [0.05, 0.1) is 6.54 Å². The number of nitrogens with zero attached hydrogens (tertiary/aromatic N) is 2. The van der Waals surface area contributed by atoms with E-state index >= 15 is 0 Å². The molecule has 164 valence electrons. The van der Waals surface area contributed by atoms with Crippen LogP contribution in [-0.4, -0.2) is 40.2 Å². The van der Waals surface area contributed by atoms with Gasteiger partial charge in [-0.05, 0) is 30.0 Å². The molecule has 1 unspecified atom stereocenters. The SMILES string of the molecule is CC(C)CCN(C(=O)NCC(O)c1nc2ccccc2o1)C(=O)OCc1ccccc1. The zero-order valence-electron chi connectivity index (χ0n) is 17.7. The Bertz CT molecular complexity index is 970. The van der Waals surface area contributed by atoms with E-state index in [4.69, 9.17) is 9.15 Å². The van der Waals surface area contributed by atoms with E-state index in [-0.39, 0.29) is 25.6 Å². The maximum absolute atomic E-state index is 12.7. The summed E-state index contributed by atoms with van der Waals surface area (Å²) in [4.78, 5) is 30.5. The zero-order chi connectivity index (χ0) is 22.2. The molecule has 1 atom stereocenters. The van der Waals surface area contributed by atoms with E-state index in [1.54, 1.807) is 18.2 Å². The fourth-order valence-corrected chi connectivity index (χ4v) is 2.86. The predicted octanol–water partition coefficient (Wildman–Crippen LogP) is 4.26. The summed E-state index contributed by atoms with van der Waals surface area (Å²) < 4.78 is 10.8. The Labute approximate surface area is 180 Å². The predicted molar refractivity (Wildman–Crippen MR) is 115 cm³/mol. The van der Waals surface area contributed by atoms with Crippen molar-refractivity contribution in [3.63, 3.8) is 0 Å². The molecule has 0 saturated carbocycles. The van der Waals surface area contributed by atoms with Crippen molar-refractivity contribution in [1.82, 2.24) is 15.2 Å². The first-order chi connectivity index (χ1) is 14.9. The van der Waals surface area contributed by atoms with E-state index in [9.17, 15) is 14.7 Å². The number of urea groups is 1. The largest absolute Gasteiger partial charge is 0.444 e. The van der Waals surface area contributed by atoms with Gasteiger partial charge in [0.15, 0.2) is 5.58 Å². The average molecular weight is 425 g/mol. The summed E-state index contributed by atoms with van der Waals surface area (Å²) in [6, 6.07) is 15.7. The lowest BCUT2D eigenvalue weighted by Crippen LogP contribution is -2.46. The van der Waals surface area contributed by atoms with Crippen LogP contribution in [0, 0.1) is 5.92 Å². The Morgan fingerprint density at radius 2 is 1.84 bits per heavy atom. The topological polar surface area (TPSA) is 105 Å². The maximum Gasteiger partial charge on any atom is 0.418 e. The van der Waals surface area contributed by atoms with Crippen LogP contribution in [0.15, 0.2) is 59.0 Å². The zero-order valence-corrected chi connectivity index (χ0v) is 17.7. The van der Waals surface area contributed by atoms with Gasteiger partial charge in [-0.15, -0.1) is 0 Å². The molecule has 0 bridgehead atoms. The van der Waals surface area contributed by atoms with E-state index in [1.807, 2.05) is 50.2 Å². The highest BCUT2D eigenvalue weighted by Crippen LogP contribution is 2.19. The highest BCUT2D eigenvalue weighted by atomic mass is 16.6. The van der Waals surface area contributed by atoms with Gasteiger partial charge in [0.2, 0.25) is 5.89 Å². The van der Waals surface area contributed by atoms with E-state index in [0.717, 1.165) is 10.5 Å². The molecule has 31 heavy (non-hydrogen) atoms. The van der Waals surface area contributed by atoms with Gasteiger partial charge < -0.3 is 19.6 Å². The summed E-state index contributed by atoms with van der Waals surface area (Å²) in [6.45, 7) is 4.12. The van der Waals surface area contributed by atoms with Gasteiger partial charge in [0.1, 0.15) is 18.2 Å². The number of nitrogens with one attached hydrogen (secondary N) is 1. The van der Waals surface area contributed by atoms with Crippen LogP contribution in [0.1, 0.15) is 37.8 Å². The molecule has 0 aliphatic heterocycles. The number of amides is 3. The molecule has 2 N–H and O–H groups in total. The standard InChI is InChI=1S/C23H27N3O5/c1-16(2)12-13-26(23(29)30-15-17-8-4-3-5-9-17)22(28)24-14-19(27)21-25-18-10-6-7-11-20(18)31-21/h3-11,16,19,27H,12-15H2,1-2H3,(H,24,28). The van der Waals surface area contributed by atoms with E-state index in [0.29, 0.717) is 23.4 Å². The number of carbonyl (C=O) groups excluding carboxylic acids is 2. The number of carbonyl (C=O) groups is 2. The van der Waals surface area contributed by atoms with Crippen molar-refractivity contribution in [2.45, 2.75) is 33.0 Å². The van der Waals surface area contributed by atoms with Crippen molar-refractivity contribution in [2.75, 3.05) is 13.1 Å². The number of hydrogen-bond donors (Lipinski definition) is 2. The molecule has 0 aliphatic rings. The van der Waals surface area contributed by atoms with Crippen LogP contribution in [0.25, 0.3) is 11.1 Å². The molecule has 0 spiro atoms. The number of oxazole rings is 1. The molecule has 0 radical (unpaired) electrons. The van der Waals surface area contributed by atoms with Crippen molar-refractivity contribution in [1.29, 1.82) is 0 Å². The van der Waals surface area contributed by atoms with Gasteiger partial charge in [-0.2, -0.15) is 0 Å². The van der Waals surface area contributed by atoms with Crippen LogP contribution in [0.4, 0.5) is 9.59 Å². The van der Waals surface area contributed by atoms with Gasteiger partial charge in [-0.1, -0.05) is 56.3 Å². The first-order valence-corrected chi connectivity index (χ1v) is 10.2. The van der Waals surface area contributed by atoms with Crippen LogP contribution < -0.4 is 5.32 Å². The molecule has 0 fully saturated rings. The normalized spacial score (nSPS) is 12.0. The van der Waals surface area contributed by atoms with Crippen LogP contribution in [0.2, 0.25) is 0 Å². The van der Waals surface area contributed by atoms with Crippen LogP contribution in [-0.2, 0) is 11.3 Å². The lowest BCUT2D eigenvalue weighted by molar-refractivity contribution is 0.0991. The molecular weight excluding hydrogens is 398 g/mol. The summed E-state index contributed by atoms with van der Waals surface area (Å²) in [5.41, 5.74) is 1.99. The fraction of sp³-hybridized carbons (Fsp3) is 0.348. The Hall–Kier alpha value is -3.39. The van der Waals surface area contributed by atoms with E-state index < -0.39 is 18.2 Å². The fourth-order valence-electron chi connectivity index (χ4n) is 2.86. The summed E-state index contributed by atoms with van der Waals surface area (Å²) in [7, 11) is 0. The number of para-hydroxylation sites is 2. The minimum Gasteiger partial charge on any atom is -0.444 e. The molecule has 2 aromatic carbocycles. The van der Waals surface area contributed by atoms with Crippen molar-refractivity contribution >= 4 is 23.2 Å². The van der Waals surface area contributed by atoms with Crippen molar-refractivity contribution in [2.24, 2.45) is 5.92 Å². The average Bonchev–Trinajstić information content (AvgIpc) is 3.21. The molecule has 0 saturated heterocycles. The lowest BCUT2D eigenvalue weighted by Gasteiger charge is -2.22. The Kier molecular flexibility index (Phi) is 7.61. The highest BCUT2D eigenvalue weighted by Gasteiger charge is 2.25. The van der Waals surface area contributed by atoms with Crippen LogP contribution in [0.3, 0.4) is 0 Å². The molecule has 3 aromatic rings. The third-order valence-corrected chi connectivity index (χ3v) is 4.64. The quantitative estimate of drug-likeness (QED) is 0.559. The summed E-state index contributed by atoms with van der Waals surface area (Å²) >= 11 is 0.